The number of ether oxygens (including phenoxy) is 2. The molecular formula is C24H30ClNO3. The molecule has 0 bridgehead atoms. The third-order valence-corrected chi connectivity index (χ3v) is 7.13. The summed E-state index contributed by atoms with van der Waals surface area (Å²) in [6.07, 6.45) is 4.93. The van der Waals surface area contributed by atoms with Crippen molar-refractivity contribution in [2.75, 3.05) is 20.8 Å². The van der Waals surface area contributed by atoms with Gasteiger partial charge in [-0.15, -0.1) is 0 Å². The Morgan fingerprint density at radius 2 is 1.93 bits per heavy atom. The molecule has 2 aromatic carbocycles. The van der Waals surface area contributed by atoms with Gasteiger partial charge in [0, 0.05) is 35.6 Å². The fraction of sp³-hybridized carbons (Fsp3) is 0.500. The fourth-order valence-corrected chi connectivity index (χ4v) is 5.44. The van der Waals surface area contributed by atoms with E-state index in [1.165, 1.54) is 0 Å². The average molecular weight is 416 g/mol. The van der Waals surface area contributed by atoms with Crippen molar-refractivity contribution in [2.45, 2.75) is 50.3 Å². The van der Waals surface area contributed by atoms with Crippen LogP contribution in [-0.2, 0) is 6.54 Å². The molecule has 3 atom stereocenters. The Hall–Kier alpha value is -1.75. The highest BCUT2D eigenvalue weighted by Crippen LogP contribution is 2.51. The molecule has 0 amide bonds. The van der Waals surface area contributed by atoms with Crippen LogP contribution in [-0.4, -0.2) is 36.4 Å². The van der Waals surface area contributed by atoms with Gasteiger partial charge in [-0.25, -0.2) is 0 Å². The lowest BCUT2D eigenvalue weighted by Crippen LogP contribution is -2.54. The summed E-state index contributed by atoms with van der Waals surface area (Å²) in [6.45, 7) is 1.57. The summed E-state index contributed by atoms with van der Waals surface area (Å²) >= 11 is 6.49. The summed E-state index contributed by atoms with van der Waals surface area (Å²) in [6, 6.07) is 14.0. The van der Waals surface area contributed by atoms with Crippen molar-refractivity contribution in [1.82, 2.24) is 4.90 Å². The molecule has 2 aromatic rings. The predicted octanol–water partition coefficient (Wildman–Crippen LogP) is 5.23. The number of benzene rings is 2. The normalized spacial score (nSPS) is 27.3. The number of hydrogen-bond donors (Lipinski definition) is 1. The topological polar surface area (TPSA) is 41.9 Å². The second-order valence-corrected chi connectivity index (χ2v) is 8.73. The van der Waals surface area contributed by atoms with Crippen molar-refractivity contribution in [2.24, 2.45) is 5.92 Å². The molecule has 1 saturated heterocycles. The number of aliphatic hydroxyl groups is 1. The summed E-state index contributed by atoms with van der Waals surface area (Å²) in [5.41, 5.74) is 1.58. The van der Waals surface area contributed by atoms with E-state index in [2.05, 4.69) is 17.0 Å². The van der Waals surface area contributed by atoms with E-state index in [1.807, 2.05) is 30.3 Å². The van der Waals surface area contributed by atoms with E-state index in [0.29, 0.717) is 0 Å². The molecule has 1 saturated carbocycles. The quantitative estimate of drug-likeness (QED) is 0.726. The summed E-state index contributed by atoms with van der Waals surface area (Å²) in [4.78, 5) is 2.46. The molecule has 2 fully saturated rings. The van der Waals surface area contributed by atoms with Gasteiger partial charge in [-0.3, -0.25) is 4.90 Å². The van der Waals surface area contributed by atoms with Gasteiger partial charge in [0.15, 0.2) is 0 Å². The standard InChI is InChI=1S/C24H30ClNO3/c1-28-18-10-11-22(29-2)19(15-18)23-20-8-5-6-12-24(20,27)13-14-26(23)16-17-7-3-4-9-21(17)25/h3-4,7,9-11,15,20,23,27H,5-6,8,12-14,16H2,1-2H3/t20-,23+,24+/m0/s1. The zero-order chi connectivity index (χ0) is 20.4. The molecule has 29 heavy (non-hydrogen) atoms. The van der Waals surface area contributed by atoms with Gasteiger partial charge in [0.25, 0.3) is 0 Å². The minimum Gasteiger partial charge on any atom is -0.497 e. The Morgan fingerprint density at radius 1 is 1.10 bits per heavy atom. The van der Waals surface area contributed by atoms with Crippen molar-refractivity contribution in [1.29, 1.82) is 0 Å². The molecule has 1 N–H and O–H groups in total. The van der Waals surface area contributed by atoms with Crippen LogP contribution in [0.3, 0.4) is 0 Å². The van der Waals surface area contributed by atoms with Crippen molar-refractivity contribution in [3.05, 3.63) is 58.6 Å². The highest BCUT2D eigenvalue weighted by molar-refractivity contribution is 6.31. The Balaban J connectivity index is 1.78. The molecule has 1 aliphatic carbocycles. The average Bonchev–Trinajstić information content (AvgIpc) is 2.74. The molecule has 0 spiro atoms. The monoisotopic (exact) mass is 415 g/mol. The summed E-state index contributed by atoms with van der Waals surface area (Å²) in [7, 11) is 3.39. The van der Waals surface area contributed by atoms with Crippen LogP contribution >= 0.6 is 11.6 Å². The minimum atomic E-state index is -0.617. The molecular weight excluding hydrogens is 386 g/mol. The number of rotatable bonds is 5. The number of likely N-dealkylation sites (tertiary alicyclic amines) is 1. The minimum absolute atomic E-state index is 0.0513. The Labute approximate surface area is 178 Å². The van der Waals surface area contributed by atoms with Crippen LogP contribution in [0.25, 0.3) is 0 Å². The fourth-order valence-electron chi connectivity index (χ4n) is 5.25. The van der Waals surface area contributed by atoms with Gasteiger partial charge in [0.05, 0.1) is 19.8 Å². The molecule has 0 aromatic heterocycles. The van der Waals surface area contributed by atoms with Gasteiger partial charge in [-0.1, -0.05) is 42.6 Å². The molecule has 0 radical (unpaired) electrons. The number of piperidine rings is 1. The molecule has 1 heterocycles. The van der Waals surface area contributed by atoms with Crippen LogP contribution in [0.1, 0.15) is 49.3 Å². The maximum atomic E-state index is 11.5. The van der Waals surface area contributed by atoms with Crippen LogP contribution in [0.4, 0.5) is 0 Å². The molecule has 0 unspecified atom stereocenters. The second-order valence-electron chi connectivity index (χ2n) is 8.32. The largest absolute Gasteiger partial charge is 0.497 e. The van der Waals surface area contributed by atoms with E-state index in [0.717, 1.165) is 72.8 Å². The maximum Gasteiger partial charge on any atom is 0.123 e. The van der Waals surface area contributed by atoms with Gasteiger partial charge in [0.2, 0.25) is 0 Å². The molecule has 2 aliphatic rings. The van der Waals surface area contributed by atoms with Crippen LogP contribution in [0, 0.1) is 5.92 Å². The third-order valence-electron chi connectivity index (χ3n) is 6.76. The highest BCUT2D eigenvalue weighted by Gasteiger charge is 2.49. The van der Waals surface area contributed by atoms with E-state index in [1.54, 1.807) is 14.2 Å². The SMILES string of the molecule is COc1ccc(OC)c([C@@H]2[C@@H]3CCCC[C@@]3(O)CCN2Cc2ccccc2Cl)c1. The van der Waals surface area contributed by atoms with Crippen LogP contribution in [0.15, 0.2) is 42.5 Å². The lowest BCUT2D eigenvalue weighted by molar-refractivity contribution is -0.126. The zero-order valence-electron chi connectivity index (χ0n) is 17.2. The molecule has 4 rings (SSSR count). The van der Waals surface area contributed by atoms with Crippen LogP contribution in [0.2, 0.25) is 5.02 Å². The Morgan fingerprint density at radius 3 is 2.69 bits per heavy atom. The first-order valence-electron chi connectivity index (χ1n) is 10.5. The summed E-state index contributed by atoms with van der Waals surface area (Å²) in [5, 5.41) is 12.3. The number of fused-ring (bicyclic) bond motifs is 1. The summed E-state index contributed by atoms with van der Waals surface area (Å²) in [5.74, 6) is 1.81. The van der Waals surface area contributed by atoms with Crippen LogP contribution < -0.4 is 9.47 Å². The van der Waals surface area contributed by atoms with Crippen molar-refractivity contribution < 1.29 is 14.6 Å². The van der Waals surface area contributed by atoms with Gasteiger partial charge in [-0.05, 0) is 49.1 Å². The lowest BCUT2D eigenvalue weighted by Gasteiger charge is -2.53. The van der Waals surface area contributed by atoms with E-state index >= 15 is 0 Å². The van der Waals surface area contributed by atoms with Gasteiger partial charge < -0.3 is 14.6 Å². The van der Waals surface area contributed by atoms with Crippen LogP contribution in [0.5, 0.6) is 11.5 Å². The maximum absolute atomic E-state index is 11.5. The van der Waals surface area contributed by atoms with Gasteiger partial charge >= 0.3 is 0 Å². The highest BCUT2D eigenvalue weighted by atomic mass is 35.5. The molecule has 5 heteroatoms. The first kappa shape index (κ1) is 20.5. The molecule has 4 nitrogen and oxygen atoms in total. The van der Waals surface area contributed by atoms with Crippen molar-refractivity contribution in [3.8, 4) is 11.5 Å². The Bertz CT molecular complexity index is 858. The summed E-state index contributed by atoms with van der Waals surface area (Å²) < 4.78 is 11.3. The van der Waals surface area contributed by atoms with E-state index in [4.69, 9.17) is 21.1 Å². The zero-order valence-corrected chi connectivity index (χ0v) is 18.0. The third kappa shape index (κ3) is 3.98. The smallest absolute Gasteiger partial charge is 0.123 e. The van der Waals surface area contributed by atoms with Gasteiger partial charge in [0.1, 0.15) is 11.5 Å². The van der Waals surface area contributed by atoms with E-state index in [9.17, 15) is 5.11 Å². The van der Waals surface area contributed by atoms with Crippen molar-refractivity contribution in [3.63, 3.8) is 0 Å². The number of halogens is 1. The molecule has 1 aliphatic heterocycles. The second kappa shape index (κ2) is 8.55. The van der Waals surface area contributed by atoms with E-state index < -0.39 is 5.60 Å². The number of methoxy groups -OCH3 is 2. The Kier molecular flexibility index (Phi) is 6.05. The predicted molar refractivity (Wildman–Crippen MR) is 116 cm³/mol. The number of hydrogen-bond acceptors (Lipinski definition) is 4. The van der Waals surface area contributed by atoms with Crippen molar-refractivity contribution >= 4 is 11.6 Å². The lowest BCUT2D eigenvalue weighted by atomic mass is 9.66. The first-order valence-corrected chi connectivity index (χ1v) is 10.9. The van der Waals surface area contributed by atoms with E-state index in [-0.39, 0.29) is 12.0 Å². The molecule has 156 valence electrons. The van der Waals surface area contributed by atoms with Gasteiger partial charge in [-0.2, -0.15) is 0 Å². The first-order chi connectivity index (χ1) is 14.1. The number of nitrogens with zero attached hydrogens (tertiary/aromatic N) is 1.